The zero-order valence-corrected chi connectivity index (χ0v) is 9.86. The zero-order chi connectivity index (χ0) is 9.97. The van der Waals surface area contributed by atoms with Crippen LogP contribution in [0.5, 0.6) is 0 Å². The lowest BCUT2D eigenvalue weighted by molar-refractivity contribution is 1.36. The molecular weight excluding hydrogens is 260 g/mol. The summed E-state index contributed by atoms with van der Waals surface area (Å²) in [6.07, 6.45) is 0. The fourth-order valence-corrected chi connectivity index (χ4v) is 2.09. The molecule has 0 bridgehead atoms. The Balaban J connectivity index is 2.29. The Morgan fingerprint density at radius 3 is 3.07 bits per heavy atom. The van der Waals surface area contributed by atoms with Gasteiger partial charge in [0.1, 0.15) is 5.00 Å². The lowest BCUT2D eigenvalue weighted by atomic mass is 10.2. The van der Waals surface area contributed by atoms with Gasteiger partial charge in [0, 0.05) is 16.4 Å². The Hall–Kier alpha value is -0.870. The molecule has 0 amide bonds. The molecule has 72 valence electrons. The molecule has 1 aromatic carbocycles. The summed E-state index contributed by atoms with van der Waals surface area (Å²) in [6, 6.07) is 8.10. The van der Waals surface area contributed by atoms with E-state index in [4.69, 9.17) is 0 Å². The predicted molar refractivity (Wildman–Crippen MR) is 66.2 cm³/mol. The van der Waals surface area contributed by atoms with Gasteiger partial charge in [-0.05, 0) is 23.7 Å². The SMILES string of the molecule is C=C(Br)CNc1snc2ccccc12. The van der Waals surface area contributed by atoms with Gasteiger partial charge in [-0.1, -0.05) is 34.6 Å². The third kappa shape index (κ3) is 1.96. The van der Waals surface area contributed by atoms with Crippen LogP contribution in [0.15, 0.2) is 35.3 Å². The highest BCUT2D eigenvalue weighted by molar-refractivity contribution is 9.11. The number of nitrogens with one attached hydrogen (secondary N) is 1. The normalized spacial score (nSPS) is 10.4. The zero-order valence-electron chi connectivity index (χ0n) is 7.46. The summed E-state index contributed by atoms with van der Waals surface area (Å²) in [4.78, 5) is 0. The van der Waals surface area contributed by atoms with Gasteiger partial charge in [0.05, 0.1) is 5.52 Å². The third-order valence-electron chi connectivity index (χ3n) is 1.82. The van der Waals surface area contributed by atoms with Crippen LogP contribution in [-0.2, 0) is 0 Å². The van der Waals surface area contributed by atoms with Gasteiger partial charge in [-0.25, -0.2) is 0 Å². The van der Waals surface area contributed by atoms with Gasteiger partial charge in [-0.15, -0.1) is 0 Å². The summed E-state index contributed by atoms with van der Waals surface area (Å²) in [5.41, 5.74) is 1.04. The maximum atomic E-state index is 4.33. The highest BCUT2D eigenvalue weighted by Gasteiger charge is 2.03. The molecule has 0 saturated heterocycles. The van der Waals surface area contributed by atoms with Crippen LogP contribution in [0.1, 0.15) is 0 Å². The summed E-state index contributed by atoms with van der Waals surface area (Å²) in [5, 5.41) is 5.55. The van der Waals surface area contributed by atoms with Crippen molar-refractivity contribution in [3.63, 3.8) is 0 Å². The second kappa shape index (κ2) is 4.11. The van der Waals surface area contributed by atoms with Gasteiger partial charge in [-0.2, -0.15) is 4.37 Å². The van der Waals surface area contributed by atoms with Crippen LogP contribution in [0.3, 0.4) is 0 Å². The standard InChI is InChI=1S/C10H9BrN2S/c1-7(11)6-12-10-8-4-2-3-5-9(8)13-14-10/h2-5,12H,1,6H2. The van der Waals surface area contributed by atoms with E-state index < -0.39 is 0 Å². The van der Waals surface area contributed by atoms with E-state index in [-0.39, 0.29) is 0 Å². The van der Waals surface area contributed by atoms with Crippen molar-refractivity contribution in [3.05, 3.63) is 35.3 Å². The highest BCUT2D eigenvalue weighted by atomic mass is 79.9. The van der Waals surface area contributed by atoms with E-state index in [1.165, 1.54) is 16.9 Å². The molecule has 0 aliphatic rings. The second-order valence-electron chi connectivity index (χ2n) is 2.90. The van der Waals surface area contributed by atoms with E-state index in [1.807, 2.05) is 18.2 Å². The van der Waals surface area contributed by atoms with Crippen LogP contribution in [0.2, 0.25) is 0 Å². The number of hydrogen-bond acceptors (Lipinski definition) is 3. The lowest BCUT2D eigenvalue weighted by Crippen LogP contribution is -1.98. The third-order valence-corrected chi connectivity index (χ3v) is 2.94. The highest BCUT2D eigenvalue weighted by Crippen LogP contribution is 2.27. The summed E-state index contributed by atoms with van der Waals surface area (Å²) in [5.74, 6) is 0. The average Bonchev–Trinajstić information content (AvgIpc) is 2.58. The predicted octanol–water partition coefficient (Wildman–Crippen LogP) is 3.62. The first-order chi connectivity index (χ1) is 6.77. The number of hydrogen-bond donors (Lipinski definition) is 1. The number of benzene rings is 1. The molecule has 2 rings (SSSR count). The van der Waals surface area contributed by atoms with Gasteiger partial charge in [-0.3, -0.25) is 0 Å². The van der Waals surface area contributed by atoms with Crippen LogP contribution in [0.25, 0.3) is 10.9 Å². The van der Waals surface area contributed by atoms with Crippen LogP contribution in [0.4, 0.5) is 5.00 Å². The molecule has 0 aliphatic carbocycles. The quantitative estimate of drug-likeness (QED) is 0.920. The number of anilines is 1. The lowest BCUT2D eigenvalue weighted by Gasteiger charge is -2.00. The van der Waals surface area contributed by atoms with Crippen LogP contribution >= 0.6 is 27.5 Å². The largest absolute Gasteiger partial charge is 0.371 e. The molecule has 0 saturated carbocycles. The van der Waals surface area contributed by atoms with E-state index in [0.29, 0.717) is 0 Å². The summed E-state index contributed by atoms with van der Waals surface area (Å²) in [7, 11) is 0. The minimum absolute atomic E-state index is 0.728. The van der Waals surface area contributed by atoms with Crippen molar-refractivity contribution in [3.8, 4) is 0 Å². The van der Waals surface area contributed by atoms with Crippen LogP contribution in [-0.4, -0.2) is 10.9 Å². The minimum Gasteiger partial charge on any atom is -0.371 e. The van der Waals surface area contributed by atoms with Gasteiger partial charge >= 0.3 is 0 Å². The molecule has 0 unspecified atom stereocenters. The summed E-state index contributed by atoms with van der Waals surface area (Å²) >= 11 is 4.79. The molecule has 4 heteroatoms. The molecule has 1 N–H and O–H groups in total. The smallest absolute Gasteiger partial charge is 0.117 e. The molecule has 1 heterocycles. The fourth-order valence-electron chi connectivity index (χ4n) is 1.19. The van der Waals surface area contributed by atoms with Crippen molar-refractivity contribution in [2.45, 2.75) is 0 Å². The maximum absolute atomic E-state index is 4.33. The van der Waals surface area contributed by atoms with Crippen molar-refractivity contribution in [1.82, 2.24) is 4.37 Å². The van der Waals surface area contributed by atoms with E-state index in [0.717, 1.165) is 21.5 Å². The molecule has 14 heavy (non-hydrogen) atoms. The molecule has 2 nitrogen and oxygen atoms in total. The van der Waals surface area contributed by atoms with E-state index in [9.17, 15) is 0 Å². The first kappa shape index (κ1) is 9.68. The van der Waals surface area contributed by atoms with Crippen LogP contribution in [0, 0.1) is 0 Å². The molecule has 0 radical (unpaired) electrons. The first-order valence-corrected chi connectivity index (χ1v) is 5.75. The first-order valence-electron chi connectivity index (χ1n) is 4.19. The fraction of sp³-hybridized carbons (Fsp3) is 0.100. The Bertz CT molecular complexity index is 464. The van der Waals surface area contributed by atoms with Gasteiger partial charge in [0.2, 0.25) is 0 Å². The molecule has 0 atom stereocenters. The van der Waals surface area contributed by atoms with E-state index in [1.54, 1.807) is 0 Å². The minimum atomic E-state index is 0.728. The average molecular weight is 269 g/mol. The molecule has 0 fully saturated rings. The van der Waals surface area contributed by atoms with Gasteiger partial charge in [0.25, 0.3) is 0 Å². The van der Waals surface area contributed by atoms with Crippen LogP contribution < -0.4 is 5.32 Å². The molecule has 0 aliphatic heterocycles. The Kier molecular flexibility index (Phi) is 2.84. The topological polar surface area (TPSA) is 24.9 Å². The number of fused-ring (bicyclic) bond motifs is 1. The Morgan fingerprint density at radius 1 is 1.50 bits per heavy atom. The summed E-state index contributed by atoms with van der Waals surface area (Å²) < 4.78 is 5.27. The molecular formula is C10H9BrN2S. The second-order valence-corrected chi connectivity index (χ2v) is 4.79. The van der Waals surface area contributed by atoms with Crippen molar-refractivity contribution in [2.24, 2.45) is 0 Å². The number of nitrogens with zero attached hydrogens (tertiary/aromatic N) is 1. The maximum Gasteiger partial charge on any atom is 0.117 e. The number of aromatic nitrogens is 1. The number of rotatable bonds is 3. The van der Waals surface area contributed by atoms with Crippen molar-refractivity contribution in [1.29, 1.82) is 0 Å². The Labute approximate surface area is 94.9 Å². The molecule has 1 aromatic heterocycles. The molecule has 2 aromatic rings. The van der Waals surface area contributed by atoms with Gasteiger partial charge < -0.3 is 5.32 Å². The van der Waals surface area contributed by atoms with Crippen molar-refractivity contribution < 1.29 is 0 Å². The van der Waals surface area contributed by atoms with Gasteiger partial charge in [0.15, 0.2) is 0 Å². The van der Waals surface area contributed by atoms with E-state index in [2.05, 4.69) is 38.3 Å². The molecule has 0 spiro atoms. The van der Waals surface area contributed by atoms with Crippen molar-refractivity contribution >= 4 is 43.4 Å². The monoisotopic (exact) mass is 268 g/mol. The van der Waals surface area contributed by atoms with Crippen molar-refractivity contribution in [2.75, 3.05) is 11.9 Å². The number of halogens is 1. The summed E-state index contributed by atoms with van der Waals surface area (Å²) in [6.45, 7) is 4.50. The van der Waals surface area contributed by atoms with E-state index >= 15 is 0 Å². The Morgan fingerprint density at radius 2 is 2.29 bits per heavy atom.